The van der Waals surface area contributed by atoms with E-state index in [0.717, 1.165) is 25.3 Å². The number of aliphatic imine (C=N–C) groups is 1. The highest BCUT2D eigenvalue weighted by molar-refractivity contribution is 5.96. The molecule has 1 unspecified atom stereocenters. The molecule has 0 bridgehead atoms. The van der Waals surface area contributed by atoms with Gasteiger partial charge in [-0.3, -0.25) is 0 Å². The molecular formula is C17H23NO2. The molecule has 1 atom stereocenters. The molecule has 108 valence electrons. The molecule has 1 saturated carbocycles. The average Bonchev–Trinajstić information content (AvgIpc) is 3.22. The van der Waals surface area contributed by atoms with Gasteiger partial charge in [0.05, 0.1) is 12.6 Å². The molecule has 3 heteroatoms. The lowest BCUT2D eigenvalue weighted by Gasteiger charge is -2.27. The van der Waals surface area contributed by atoms with Gasteiger partial charge in [0.2, 0.25) is 5.90 Å². The van der Waals surface area contributed by atoms with Crippen molar-refractivity contribution >= 4 is 5.90 Å². The van der Waals surface area contributed by atoms with E-state index in [1.807, 2.05) is 0 Å². The minimum absolute atomic E-state index is 0.384. The molecule has 1 aromatic rings. The summed E-state index contributed by atoms with van der Waals surface area (Å²) in [6, 6.07) is 8.89. The number of nitrogens with zero attached hydrogens (tertiary/aromatic N) is 1. The summed E-state index contributed by atoms with van der Waals surface area (Å²) in [4.78, 5) is 4.91. The van der Waals surface area contributed by atoms with E-state index >= 15 is 0 Å². The van der Waals surface area contributed by atoms with E-state index in [9.17, 15) is 0 Å². The predicted octanol–water partition coefficient (Wildman–Crippen LogP) is 3.21. The Labute approximate surface area is 121 Å². The highest BCUT2D eigenvalue weighted by Crippen LogP contribution is 2.51. The van der Waals surface area contributed by atoms with E-state index in [4.69, 9.17) is 14.5 Å². The lowest BCUT2D eigenvalue weighted by atomic mass is 9.88. The Bertz CT molecular complexity index is 505. The summed E-state index contributed by atoms with van der Waals surface area (Å²) in [6.45, 7) is 3.75. The van der Waals surface area contributed by atoms with Crippen molar-refractivity contribution in [2.75, 3.05) is 20.3 Å². The van der Waals surface area contributed by atoms with Gasteiger partial charge in [0.15, 0.2) is 0 Å². The minimum atomic E-state index is 0.384. The fraction of sp³-hybridized carbons (Fsp3) is 0.588. The van der Waals surface area contributed by atoms with Gasteiger partial charge in [-0.05, 0) is 36.3 Å². The van der Waals surface area contributed by atoms with Crippen molar-refractivity contribution in [2.24, 2.45) is 10.4 Å². The highest BCUT2D eigenvalue weighted by Gasteiger charge is 2.46. The van der Waals surface area contributed by atoms with Crippen molar-refractivity contribution in [1.82, 2.24) is 0 Å². The van der Waals surface area contributed by atoms with Crippen molar-refractivity contribution in [3.63, 3.8) is 0 Å². The molecule has 3 nitrogen and oxygen atoms in total. The fourth-order valence-corrected chi connectivity index (χ4v) is 2.79. The summed E-state index contributed by atoms with van der Waals surface area (Å²) in [5.74, 6) is 0.834. The molecule has 1 aromatic carbocycles. The van der Waals surface area contributed by atoms with E-state index in [1.54, 1.807) is 7.11 Å². The summed E-state index contributed by atoms with van der Waals surface area (Å²) >= 11 is 0. The molecule has 0 amide bonds. The molecule has 0 radical (unpaired) electrons. The Morgan fingerprint density at radius 2 is 2.05 bits per heavy atom. The zero-order chi connectivity index (χ0) is 14.0. The van der Waals surface area contributed by atoms with Crippen LogP contribution in [0.5, 0.6) is 0 Å². The quantitative estimate of drug-likeness (QED) is 0.771. The van der Waals surface area contributed by atoms with Gasteiger partial charge < -0.3 is 9.47 Å². The SMILES string of the molecule is COCCCOC1=NC(C2(C)CC2)Cc2ccccc21. The smallest absolute Gasteiger partial charge is 0.216 e. The summed E-state index contributed by atoms with van der Waals surface area (Å²) in [5, 5.41) is 0. The van der Waals surface area contributed by atoms with Crippen LogP contribution in [0.1, 0.15) is 37.3 Å². The van der Waals surface area contributed by atoms with Gasteiger partial charge in [-0.1, -0.05) is 25.1 Å². The third-order valence-electron chi connectivity index (χ3n) is 4.51. The Balaban J connectivity index is 1.77. The zero-order valence-corrected chi connectivity index (χ0v) is 12.4. The molecule has 20 heavy (non-hydrogen) atoms. The maximum absolute atomic E-state index is 5.93. The third-order valence-corrected chi connectivity index (χ3v) is 4.51. The van der Waals surface area contributed by atoms with Crippen molar-refractivity contribution < 1.29 is 9.47 Å². The fourth-order valence-electron chi connectivity index (χ4n) is 2.79. The molecule has 1 aliphatic carbocycles. The molecule has 1 aliphatic heterocycles. The lowest BCUT2D eigenvalue weighted by molar-refractivity contribution is 0.168. The topological polar surface area (TPSA) is 30.8 Å². The molecule has 3 rings (SSSR count). The van der Waals surface area contributed by atoms with Gasteiger partial charge in [-0.25, -0.2) is 4.99 Å². The molecule has 0 spiro atoms. The molecular weight excluding hydrogens is 250 g/mol. The molecule has 0 saturated heterocycles. The highest BCUT2D eigenvalue weighted by atomic mass is 16.5. The second-order valence-corrected chi connectivity index (χ2v) is 6.16. The summed E-state index contributed by atoms with van der Waals surface area (Å²) in [5.41, 5.74) is 2.95. The van der Waals surface area contributed by atoms with Crippen LogP contribution in [0.25, 0.3) is 0 Å². The number of ether oxygens (including phenoxy) is 2. The Hall–Kier alpha value is -1.35. The van der Waals surface area contributed by atoms with Gasteiger partial charge in [0.1, 0.15) is 0 Å². The van der Waals surface area contributed by atoms with Gasteiger partial charge >= 0.3 is 0 Å². The first-order chi connectivity index (χ1) is 9.73. The van der Waals surface area contributed by atoms with Crippen molar-refractivity contribution in [2.45, 2.75) is 38.6 Å². The van der Waals surface area contributed by atoms with Crippen LogP contribution in [-0.4, -0.2) is 32.3 Å². The summed E-state index contributed by atoms with van der Waals surface area (Å²) in [6.07, 6.45) is 4.54. The van der Waals surface area contributed by atoms with Crippen LogP contribution < -0.4 is 0 Å². The number of hydrogen-bond acceptors (Lipinski definition) is 3. The zero-order valence-electron chi connectivity index (χ0n) is 12.4. The second kappa shape index (κ2) is 5.57. The van der Waals surface area contributed by atoms with E-state index < -0.39 is 0 Å². The maximum Gasteiger partial charge on any atom is 0.216 e. The summed E-state index contributed by atoms with van der Waals surface area (Å²) in [7, 11) is 1.72. The first-order valence-electron chi connectivity index (χ1n) is 7.51. The van der Waals surface area contributed by atoms with E-state index in [0.29, 0.717) is 18.1 Å². The first kappa shape index (κ1) is 13.6. The van der Waals surface area contributed by atoms with Crippen LogP contribution in [0.15, 0.2) is 29.3 Å². The number of methoxy groups -OCH3 is 1. The summed E-state index contributed by atoms with van der Waals surface area (Å²) < 4.78 is 11.0. The van der Waals surface area contributed by atoms with Gasteiger partial charge in [-0.15, -0.1) is 0 Å². The predicted molar refractivity (Wildman–Crippen MR) is 80.3 cm³/mol. The second-order valence-electron chi connectivity index (χ2n) is 6.16. The van der Waals surface area contributed by atoms with Crippen LogP contribution in [0.3, 0.4) is 0 Å². The monoisotopic (exact) mass is 273 g/mol. The van der Waals surface area contributed by atoms with E-state index in [1.165, 1.54) is 24.0 Å². The van der Waals surface area contributed by atoms with Crippen molar-refractivity contribution in [1.29, 1.82) is 0 Å². The Morgan fingerprint density at radius 3 is 2.80 bits per heavy atom. The number of fused-ring (bicyclic) bond motifs is 1. The average molecular weight is 273 g/mol. The van der Waals surface area contributed by atoms with Gasteiger partial charge in [0, 0.05) is 25.7 Å². The van der Waals surface area contributed by atoms with Crippen LogP contribution in [0, 0.1) is 5.41 Å². The van der Waals surface area contributed by atoms with Crippen molar-refractivity contribution in [3.8, 4) is 0 Å². The van der Waals surface area contributed by atoms with Gasteiger partial charge in [0.25, 0.3) is 0 Å². The molecule has 1 heterocycles. The molecule has 1 fully saturated rings. The third kappa shape index (κ3) is 2.73. The first-order valence-corrected chi connectivity index (χ1v) is 7.51. The van der Waals surface area contributed by atoms with E-state index in [-0.39, 0.29) is 0 Å². The largest absolute Gasteiger partial charge is 0.477 e. The van der Waals surface area contributed by atoms with Crippen molar-refractivity contribution in [3.05, 3.63) is 35.4 Å². The molecule has 2 aliphatic rings. The van der Waals surface area contributed by atoms with Crippen LogP contribution in [0.2, 0.25) is 0 Å². The standard InChI is InChI=1S/C17H23NO2/c1-17(8-9-17)15-12-13-6-3-4-7-14(13)16(18-15)20-11-5-10-19-2/h3-4,6-7,15H,5,8-12H2,1-2H3. The minimum Gasteiger partial charge on any atom is -0.477 e. The normalized spacial score (nSPS) is 22.9. The van der Waals surface area contributed by atoms with Crippen LogP contribution >= 0.6 is 0 Å². The number of rotatable bonds is 5. The molecule has 0 aromatic heterocycles. The maximum atomic E-state index is 5.93. The number of hydrogen-bond donors (Lipinski definition) is 0. The molecule has 0 N–H and O–H groups in total. The Morgan fingerprint density at radius 1 is 1.25 bits per heavy atom. The lowest BCUT2D eigenvalue weighted by Crippen LogP contribution is -2.29. The number of benzene rings is 1. The van der Waals surface area contributed by atoms with Gasteiger partial charge in [-0.2, -0.15) is 0 Å². The van der Waals surface area contributed by atoms with Crippen LogP contribution in [-0.2, 0) is 15.9 Å². The van der Waals surface area contributed by atoms with Crippen LogP contribution in [0.4, 0.5) is 0 Å². The Kier molecular flexibility index (Phi) is 3.79. The van der Waals surface area contributed by atoms with E-state index in [2.05, 4.69) is 31.2 Å².